The zero-order valence-electron chi connectivity index (χ0n) is 11.4. The molecule has 0 aliphatic heterocycles. The summed E-state index contributed by atoms with van der Waals surface area (Å²) in [5.74, 6) is 1.45. The van der Waals surface area contributed by atoms with E-state index >= 15 is 0 Å². The molecule has 5 heteroatoms. The number of aromatic nitrogens is 4. The average Bonchev–Trinajstić information content (AvgIpc) is 2.94. The van der Waals surface area contributed by atoms with Gasteiger partial charge in [0.1, 0.15) is 11.5 Å². The van der Waals surface area contributed by atoms with E-state index in [2.05, 4.69) is 20.3 Å². The van der Waals surface area contributed by atoms with Crippen LogP contribution in [0.4, 0.5) is 5.82 Å². The van der Waals surface area contributed by atoms with Crippen LogP contribution in [-0.4, -0.2) is 26.6 Å². The molecule has 0 bridgehead atoms. The van der Waals surface area contributed by atoms with Gasteiger partial charge >= 0.3 is 0 Å². The van der Waals surface area contributed by atoms with Crippen molar-refractivity contribution in [3.63, 3.8) is 0 Å². The van der Waals surface area contributed by atoms with E-state index in [1.165, 1.54) is 0 Å². The van der Waals surface area contributed by atoms with E-state index in [1.807, 2.05) is 55.1 Å². The van der Waals surface area contributed by atoms with Crippen molar-refractivity contribution < 1.29 is 0 Å². The fourth-order valence-corrected chi connectivity index (χ4v) is 2.02. The van der Waals surface area contributed by atoms with Gasteiger partial charge in [-0.1, -0.05) is 30.3 Å². The van der Waals surface area contributed by atoms with E-state index in [-0.39, 0.29) is 0 Å². The second-order valence-electron chi connectivity index (χ2n) is 4.47. The molecule has 0 radical (unpaired) electrons. The molecule has 0 aliphatic carbocycles. The fourth-order valence-electron chi connectivity index (χ4n) is 2.02. The number of nitrogens with zero attached hydrogens (tertiary/aromatic N) is 4. The van der Waals surface area contributed by atoms with Crippen molar-refractivity contribution in [3.05, 3.63) is 48.9 Å². The minimum Gasteiger partial charge on any atom is -0.373 e. The van der Waals surface area contributed by atoms with Crippen LogP contribution in [0.2, 0.25) is 0 Å². The third-order valence-corrected chi connectivity index (χ3v) is 3.10. The molecule has 100 valence electrons. The molecule has 0 spiro atoms. The van der Waals surface area contributed by atoms with Gasteiger partial charge in [0.15, 0.2) is 5.82 Å². The quantitative estimate of drug-likeness (QED) is 0.791. The smallest absolute Gasteiger partial charge is 0.180 e. The number of nitrogens with one attached hydrogen (secondary N) is 1. The van der Waals surface area contributed by atoms with Gasteiger partial charge in [-0.3, -0.25) is 0 Å². The molecule has 2 aromatic heterocycles. The molecule has 0 aliphatic rings. The predicted octanol–water partition coefficient (Wildman–Crippen LogP) is 2.59. The molecule has 0 amide bonds. The Balaban J connectivity index is 2.15. The number of anilines is 1. The first-order chi connectivity index (χ1) is 9.78. The van der Waals surface area contributed by atoms with Gasteiger partial charge in [-0.2, -0.15) is 0 Å². The summed E-state index contributed by atoms with van der Waals surface area (Å²) in [4.78, 5) is 13.3. The molecule has 3 rings (SSSR count). The van der Waals surface area contributed by atoms with Crippen molar-refractivity contribution in [1.29, 1.82) is 0 Å². The van der Waals surface area contributed by atoms with Gasteiger partial charge in [-0.15, -0.1) is 0 Å². The Morgan fingerprint density at radius 3 is 2.55 bits per heavy atom. The van der Waals surface area contributed by atoms with Crippen LogP contribution in [-0.2, 0) is 7.05 Å². The summed E-state index contributed by atoms with van der Waals surface area (Å²) in [6, 6.07) is 12.0. The largest absolute Gasteiger partial charge is 0.373 e. The number of rotatable bonds is 3. The number of hydrogen-bond acceptors (Lipinski definition) is 4. The molecule has 3 aromatic rings. The van der Waals surface area contributed by atoms with Crippen LogP contribution in [0.1, 0.15) is 0 Å². The second-order valence-corrected chi connectivity index (χ2v) is 4.47. The van der Waals surface area contributed by atoms with Crippen molar-refractivity contribution in [2.45, 2.75) is 0 Å². The van der Waals surface area contributed by atoms with Crippen LogP contribution in [0.5, 0.6) is 0 Å². The molecule has 1 aromatic carbocycles. The van der Waals surface area contributed by atoms with Gasteiger partial charge in [-0.05, 0) is 0 Å². The Hall–Kier alpha value is -2.69. The third-order valence-electron chi connectivity index (χ3n) is 3.10. The lowest BCUT2D eigenvalue weighted by atomic mass is 10.1. The van der Waals surface area contributed by atoms with Gasteiger partial charge in [-0.25, -0.2) is 15.0 Å². The van der Waals surface area contributed by atoms with Crippen LogP contribution in [0.15, 0.2) is 48.9 Å². The molecule has 0 atom stereocenters. The van der Waals surface area contributed by atoms with E-state index in [4.69, 9.17) is 0 Å². The van der Waals surface area contributed by atoms with Crippen molar-refractivity contribution >= 4 is 5.82 Å². The van der Waals surface area contributed by atoms with E-state index in [1.54, 1.807) is 12.5 Å². The fraction of sp³-hybridized carbons (Fsp3) is 0.133. The van der Waals surface area contributed by atoms with E-state index in [0.29, 0.717) is 5.82 Å². The van der Waals surface area contributed by atoms with Gasteiger partial charge in [0.25, 0.3) is 0 Å². The highest BCUT2D eigenvalue weighted by molar-refractivity contribution is 5.66. The summed E-state index contributed by atoms with van der Waals surface area (Å²) >= 11 is 0. The Labute approximate surface area is 117 Å². The Kier molecular flexibility index (Phi) is 3.16. The molecule has 1 N–H and O–H groups in total. The first kappa shape index (κ1) is 12.3. The first-order valence-electron chi connectivity index (χ1n) is 6.37. The predicted molar refractivity (Wildman–Crippen MR) is 79.2 cm³/mol. The monoisotopic (exact) mass is 265 g/mol. The number of benzene rings is 1. The Bertz CT molecular complexity index is 718. The highest BCUT2D eigenvalue weighted by Gasteiger charge is 2.10. The molecule has 0 fully saturated rings. The average molecular weight is 265 g/mol. The molecule has 20 heavy (non-hydrogen) atoms. The lowest BCUT2D eigenvalue weighted by Gasteiger charge is -2.08. The molecular weight excluding hydrogens is 250 g/mol. The third kappa shape index (κ3) is 2.25. The van der Waals surface area contributed by atoms with Crippen LogP contribution in [0, 0.1) is 0 Å². The number of imidazole rings is 1. The SMILES string of the molecule is CNc1cc(-c2ccccc2)nc(-c2cncn2C)n1. The molecule has 0 unspecified atom stereocenters. The minimum absolute atomic E-state index is 0.663. The maximum Gasteiger partial charge on any atom is 0.180 e. The molecule has 5 nitrogen and oxygen atoms in total. The van der Waals surface area contributed by atoms with E-state index in [9.17, 15) is 0 Å². The lowest BCUT2D eigenvalue weighted by Crippen LogP contribution is -2.01. The first-order valence-corrected chi connectivity index (χ1v) is 6.37. The number of hydrogen-bond donors (Lipinski definition) is 1. The van der Waals surface area contributed by atoms with Crippen molar-refractivity contribution in [2.75, 3.05) is 12.4 Å². The van der Waals surface area contributed by atoms with Crippen molar-refractivity contribution in [1.82, 2.24) is 19.5 Å². The number of aryl methyl sites for hydroxylation is 1. The summed E-state index contributed by atoms with van der Waals surface area (Å²) in [6.07, 6.45) is 3.51. The summed E-state index contributed by atoms with van der Waals surface area (Å²) in [7, 11) is 3.78. The summed E-state index contributed by atoms with van der Waals surface area (Å²) in [6.45, 7) is 0. The topological polar surface area (TPSA) is 55.6 Å². The zero-order valence-corrected chi connectivity index (χ0v) is 11.4. The van der Waals surface area contributed by atoms with Crippen molar-refractivity contribution in [3.8, 4) is 22.8 Å². The van der Waals surface area contributed by atoms with Crippen LogP contribution in [0.25, 0.3) is 22.8 Å². The van der Waals surface area contributed by atoms with Crippen LogP contribution >= 0.6 is 0 Å². The summed E-state index contributed by atoms with van der Waals surface area (Å²) in [5, 5.41) is 3.08. The molecule has 0 saturated heterocycles. The normalized spacial score (nSPS) is 10.5. The van der Waals surface area contributed by atoms with Crippen LogP contribution < -0.4 is 5.32 Å². The lowest BCUT2D eigenvalue weighted by molar-refractivity contribution is 0.909. The zero-order chi connectivity index (χ0) is 13.9. The Morgan fingerprint density at radius 1 is 1.10 bits per heavy atom. The van der Waals surface area contributed by atoms with Gasteiger partial charge in [0.2, 0.25) is 0 Å². The summed E-state index contributed by atoms with van der Waals surface area (Å²) < 4.78 is 1.91. The van der Waals surface area contributed by atoms with Crippen LogP contribution in [0.3, 0.4) is 0 Å². The molecule has 2 heterocycles. The second kappa shape index (κ2) is 5.13. The van der Waals surface area contributed by atoms with Gasteiger partial charge < -0.3 is 9.88 Å². The van der Waals surface area contributed by atoms with Crippen molar-refractivity contribution in [2.24, 2.45) is 7.05 Å². The molecular formula is C15H15N5. The molecule has 0 saturated carbocycles. The standard InChI is InChI=1S/C15H15N5/c1-16-14-8-12(11-6-4-3-5-7-11)18-15(19-14)13-9-17-10-20(13)2/h3-10H,1-2H3,(H,16,18,19). The van der Waals surface area contributed by atoms with E-state index in [0.717, 1.165) is 22.8 Å². The van der Waals surface area contributed by atoms with Gasteiger partial charge in [0, 0.05) is 25.7 Å². The Morgan fingerprint density at radius 2 is 1.90 bits per heavy atom. The van der Waals surface area contributed by atoms with E-state index < -0.39 is 0 Å². The highest BCUT2D eigenvalue weighted by Crippen LogP contribution is 2.23. The maximum absolute atomic E-state index is 4.64. The maximum atomic E-state index is 4.64. The summed E-state index contributed by atoms with van der Waals surface area (Å²) in [5.41, 5.74) is 2.84. The minimum atomic E-state index is 0.663. The highest BCUT2D eigenvalue weighted by atomic mass is 15.1. The van der Waals surface area contributed by atoms with Gasteiger partial charge in [0.05, 0.1) is 18.2 Å².